The number of anilines is 1. The fraction of sp³-hybridized carbons (Fsp3) is 0.583. The second kappa shape index (κ2) is 5.12. The van der Waals surface area contributed by atoms with E-state index in [1.54, 1.807) is 6.20 Å². The first kappa shape index (κ1) is 11.8. The summed E-state index contributed by atoms with van der Waals surface area (Å²) in [5.74, 6) is -0.165. The number of carbonyl (C=O) groups is 1. The van der Waals surface area contributed by atoms with Crippen LogP contribution >= 0.6 is 0 Å². The Morgan fingerprint density at radius 1 is 1.53 bits per heavy atom. The first-order valence-electron chi connectivity index (χ1n) is 6.00. The normalized spacial score (nSPS) is 17.1. The molecule has 1 saturated heterocycles. The highest BCUT2D eigenvalue weighted by Crippen LogP contribution is 2.20. The van der Waals surface area contributed by atoms with Crippen LogP contribution in [0.4, 0.5) is 5.95 Å². The van der Waals surface area contributed by atoms with Crippen LogP contribution in [0.5, 0.6) is 0 Å². The summed E-state index contributed by atoms with van der Waals surface area (Å²) in [7, 11) is 0. The largest absolute Gasteiger partial charge is 0.481 e. The highest BCUT2D eigenvalue weighted by atomic mass is 16.4. The molecule has 0 aliphatic carbocycles. The maximum Gasteiger partial charge on any atom is 0.306 e. The number of rotatable bonds is 3. The van der Waals surface area contributed by atoms with Gasteiger partial charge in [0.2, 0.25) is 5.95 Å². The quantitative estimate of drug-likeness (QED) is 0.856. The highest BCUT2D eigenvalue weighted by molar-refractivity contribution is 5.70. The van der Waals surface area contributed by atoms with Gasteiger partial charge in [0.15, 0.2) is 0 Å². The minimum Gasteiger partial charge on any atom is -0.481 e. The standard InChI is InChI=1S/C12H17N3O2/c1-2-10-3-6-13-12(14-10)15-7-4-9(5-8-15)11(16)17/h3,6,9H,2,4-5,7-8H2,1H3,(H,16,17). The molecule has 1 aromatic heterocycles. The van der Waals surface area contributed by atoms with Gasteiger partial charge in [-0.2, -0.15) is 0 Å². The van der Waals surface area contributed by atoms with Gasteiger partial charge in [-0.05, 0) is 25.3 Å². The molecule has 2 rings (SSSR count). The van der Waals surface area contributed by atoms with Gasteiger partial charge in [-0.1, -0.05) is 6.92 Å². The molecule has 1 aromatic rings. The van der Waals surface area contributed by atoms with Crippen LogP contribution in [0.15, 0.2) is 12.3 Å². The van der Waals surface area contributed by atoms with Crippen LogP contribution in [-0.4, -0.2) is 34.1 Å². The van der Waals surface area contributed by atoms with Gasteiger partial charge in [0.25, 0.3) is 0 Å². The van der Waals surface area contributed by atoms with E-state index in [0.717, 1.165) is 31.2 Å². The van der Waals surface area contributed by atoms with Crippen molar-refractivity contribution in [1.82, 2.24) is 9.97 Å². The zero-order chi connectivity index (χ0) is 12.3. The summed E-state index contributed by atoms with van der Waals surface area (Å²) >= 11 is 0. The van der Waals surface area contributed by atoms with E-state index in [4.69, 9.17) is 5.11 Å². The first-order chi connectivity index (χ1) is 8.20. The Labute approximate surface area is 100 Å². The van der Waals surface area contributed by atoms with Crippen LogP contribution in [0.1, 0.15) is 25.5 Å². The maximum absolute atomic E-state index is 10.8. The summed E-state index contributed by atoms with van der Waals surface area (Å²) in [4.78, 5) is 21.6. The average molecular weight is 235 g/mol. The predicted octanol–water partition coefficient (Wildman–Crippen LogP) is 1.34. The molecule has 1 aliphatic heterocycles. The number of aromatic nitrogens is 2. The van der Waals surface area contributed by atoms with Crippen LogP contribution in [0.2, 0.25) is 0 Å². The van der Waals surface area contributed by atoms with E-state index in [9.17, 15) is 4.79 Å². The Balaban J connectivity index is 2.02. The van der Waals surface area contributed by atoms with Crippen molar-refractivity contribution >= 4 is 11.9 Å². The summed E-state index contributed by atoms with van der Waals surface area (Å²) in [6.45, 7) is 3.51. The third kappa shape index (κ3) is 2.72. The summed E-state index contributed by atoms with van der Waals surface area (Å²) in [5.41, 5.74) is 1.02. The van der Waals surface area contributed by atoms with Gasteiger partial charge in [0.1, 0.15) is 0 Å². The predicted molar refractivity (Wildman–Crippen MR) is 64.0 cm³/mol. The van der Waals surface area contributed by atoms with E-state index in [1.165, 1.54) is 0 Å². The molecule has 1 aliphatic rings. The molecule has 17 heavy (non-hydrogen) atoms. The van der Waals surface area contributed by atoms with Crippen molar-refractivity contribution in [3.8, 4) is 0 Å². The molecule has 0 spiro atoms. The minimum absolute atomic E-state index is 0.208. The lowest BCUT2D eigenvalue weighted by Crippen LogP contribution is -2.37. The molecule has 2 heterocycles. The minimum atomic E-state index is -0.687. The van der Waals surface area contributed by atoms with Gasteiger partial charge in [-0.25, -0.2) is 9.97 Å². The third-order valence-electron chi connectivity index (χ3n) is 3.19. The number of hydrogen-bond donors (Lipinski definition) is 1. The van der Waals surface area contributed by atoms with E-state index in [-0.39, 0.29) is 5.92 Å². The van der Waals surface area contributed by atoms with Crippen LogP contribution in [0, 0.1) is 5.92 Å². The van der Waals surface area contributed by atoms with Crippen LogP contribution < -0.4 is 4.90 Å². The SMILES string of the molecule is CCc1ccnc(N2CCC(C(=O)O)CC2)n1. The lowest BCUT2D eigenvalue weighted by atomic mass is 9.97. The molecule has 0 saturated carbocycles. The van der Waals surface area contributed by atoms with Crippen molar-refractivity contribution in [2.24, 2.45) is 5.92 Å². The van der Waals surface area contributed by atoms with Crippen molar-refractivity contribution in [1.29, 1.82) is 0 Å². The second-order valence-electron chi connectivity index (χ2n) is 4.30. The lowest BCUT2D eigenvalue weighted by molar-refractivity contribution is -0.142. The smallest absolute Gasteiger partial charge is 0.306 e. The summed E-state index contributed by atoms with van der Waals surface area (Å²) in [6, 6.07) is 1.91. The molecular formula is C12H17N3O2. The Morgan fingerprint density at radius 3 is 2.82 bits per heavy atom. The summed E-state index contributed by atoms with van der Waals surface area (Å²) < 4.78 is 0. The highest BCUT2D eigenvalue weighted by Gasteiger charge is 2.25. The zero-order valence-corrected chi connectivity index (χ0v) is 9.96. The first-order valence-corrected chi connectivity index (χ1v) is 6.00. The van der Waals surface area contributed by atoms with Gasteiger partial charge >= 0.3 is 5.97 Å². The summed E-state index contributed by atoms with van der Waals surface area (Å²) in [5, 5.41) is 8.93. The number of aliphatic carboxylic acids is 1. The number of carboxylic acid groups (broad SMARTS) is 1. The van der Waals surface area contributed by atoms with Gasteiger partial charge in [0, 0.05) is 25.0 Å². The molecule has 0 radical (unpaired) electrons. The third-order valence-corrected chi connectivity index (χ3v) is 3.19. The molecule has 92 valence electrons. The monoisotopic (exact) mass is 235 g/mol. The van der Waals surface area contributed by atoms with Crippen molar-refractivity contribution in [2.45, 2.75) is 26.2 Å². The number of nitrogens with zero attached hydrogens (tertiary/aromatic N) is 3. The Hall–Kier alpha value is -1.65. The van der Waals surface area contributed by atoms with Crippen molar-refractivity contribution in [2.75, 3.05) is 18.0 Å². The molecule has 5 nitrogen and oxygen atoms in total. The average Bonchev–Trinajstić information content (AvgIpc) is 2.39. The maximum atomic E-state index is 10.8. The molecule has 0 atom stereocenters. The molecule has 0 unspecified atom stereocenters. The second-order valence-corrected chi connectivity index (χ2v) is 4.30. The molecule has 0 amide bonds. The van der Waals surface area contributed by atoms with Crippen LogP contribution in [0.3, 0.4) is 0 Å². The Kier molecular flexibility index (Phi) is 3.56. The van der Waals surface area contributed by atoms with Gasteiger partial charge in [0.05, 0.1) is 5.92 Å². The van der Waals surface area contributed by atoms with E-state index < -0.39 is 5.97 Å². The fourth-order valence-corrected chi connectivity index (χ4v) is 2.06. The Morgan fingerprint density at radius 2 is 2.24 bits per heavy atom. The number of hydrogen-bond acceptors (Lipinski definition) is 4. The van der Waals surface area contributed by atoms with Crippen LogP contribution in [-0.2, 0) is 11.2 Å². The topological polar surface area (TPSA) is 66.3 Å². The van der Waals surface area contributed by atoms with E-state index in [0.29, 0.717) is 12.8 Å². The van der Waals surface area contributed by atoms with Crippen molar-refractivity contribution < 1.29 is 9.90 Å². The number of piperidine rings is 1. The van der Waals surface area contributed by atoms with Gasteiger partial charge in [-0.3, -0.25) is 4.79 Å². The molecule has 5 heteroatoms. The Bertz CT molecular complexity index is 400. The zero-order valence-electron chi connectivity index (χ0n) is 9.96. The van der Waals surface area contributed by atoms with Gasteiger partial charge < -0.3 is 10.0 Å². The van der Waals surface area contributed by atoms with E-state index >= 15 is 0 Å². The van der Waals surface area contributed by atoms with Crippen LogP contribution in [0.25, 0.3) is 0 Å². The van der Waals surface area contributed by atoms with Crippen molar-refractivity contribution in [3.05, 3.63) is 18.0 Å². The molecule has 0 bridgehead atoms. The van der Waals surface area contributed by atoms with E-state index in [1.807, 2.05) is 6.07 Å². The van der Waals surface area contributed by atoms with Crippen molar-refractivity contribution in [3.63, 3.8) is 0 Å². The molecule has 0 aromatic carbocycles. The van der Waals surface area contributed by atoms with Gasteiger partial charge in [-0.15, -0.1) is 0 Å². The molecular weight excluding hydrogens is 218 g/mol. The fourth-order valence-electron chi connectivity index (χ4n) is 2.06. The lowest BCUT2D eigenvalue weighted by Gasteiger charge is -2.30. The summed E-state index contributed by atoms with van der Waals surface area (Å²) in [6.07, 6.45) is 4.01. The molecule has 1 fully saturated rings. The number of carboxylic acids is 1. The number of aryl methyl sites for hydroxylation is 1. The molecule has 1 N–H and O–H groups in total. The van der Waals surface area contributed by atoms with E-state index in [2.05, 4.69) is 21.8 Å².